The average Bonchev–Trinajstić information content (AvgIpc) is 2.25. The fourth-order valence-corrected chi connectivity index (χ4v) is 0.850. The molecule has 0 unspecified atom stereocenters. The number of esters is 1. The predicted molar refractivity (Wildman–Crippen MR) is 53.7 cm³/mol. The van der Waals surface area contributed by atoms with Gasteiger partial charge in [0.1, 0.15) is 12.6 Å². The molecule has 0 rings (SSSR count). The summed E-state index contributed by atoms with van der Waals surface area (Å²) in [4.78, 5) is 21.4. The summed E-state index contributed by atoms with van der Waals surface area (Å²) in [5.41, 5.74) is 5.20. The van der Waals surface area contributed by atoms with E-state index in [9.17, 15) is 9.59 Å². The van der Waals surface area contributed by atoms with Crippen molar-refractivity contribution in [2.75, 3.05) is 26.4 Å². The second-order valence-corrected chi connectivity index (χ2v) is 3.04. The maximum atomic E-state index is 11.0. The number of ether oxygens (including phenoxy) is 2. The van der Waals surface area contributed by atoms with Gasteiger partial charge in [-0.05, 0) is 6.42 Å². The number of aliphatic carboxylic acids is 1. The molecule has 0 radical (unpaired) electrons. The summed E-state index contributed by atoms with van der Waals surface area (Å²) in [6, 6.07) is -1.04. The van der Waals surface area contributed by atoms with Gasteiger partial charge in [-0.15, -0.1) is 0 Å². The Labute approximate surface area is 93.1 Å². The molecule has 4 N–H and O–H groups in total. The lowest BCUT2D eigenvalue weighted by atomic mass is 10.2. The van der Waals surface area contributed by atoms with Gasteiger partial charge in [0, 0.05) is 6.42 Å². The largest absolute Gasteiger partial charge is 0.480 e. The lowest BCUT2D eigenvalue weighted by Crippen LogP contribution is -2.30. The standard InChI is InChI=1S/C9H17NO6/c10-7(9(13)14)1-2-8(12)16-6-5-15-4-3-11/h7,11H,1-6,10H2,(H,13,14)/t7-/m0/s1. The third kappa shape index (κ3) is 8.16. The Kier molecular flexibility index (Phi) is 8.41. The normalized spacial score (nSPS) is 12.1. The Bertz CT molecular complexity index is 220. The molecule has 7 nitrogen and oxygen atoms in total. The first-order valence-corrected chi connectivity index (χ1v) is 4.90. The third-order valence-corrected chi connectivity index (χ3v) is 1.70. The van der Waals surface area contributed by atoms with Gasteiger partial charge in [-0.25, -0.2) is 0 Å². The van der Waals surface area contributed by atoms with Gasteiger partial charge >= 0.3 is 11.9 Å². The summed E-state index contributed by atoms with van der Waals surface area (Å²) in [7, 11) is 0. The summed E-state index contributed by atoms with van der Waals surface area (Å²) in [5, 5.41) is 16.8. The minimum Gasteiger partial charge on any atom is -0.480 e. The number of carboxylic acids is 1. The van der Waals surface area contributed by atoms with Crippen LogP contribution in [0.3, 0.4) is 0 Å². The highest BCUT2D eigenvalue weighted by molar-refractivity contribution is 5.75. The van der Waals surface area contributed by atoms with E-state index in [0.717, 1.165) is 0 Å². The van der Waals surface area contributed by atoms with Crippen LogP contribution in [-0.4, -0.2) is 54.6 Å². The van der Waals surface area contributed by atoms with Crippen LogP contribution in [0.5, 0.6) is 0 Å². The van der Waals surface area contributed by atoms with Crippen molar-refractivity contribution in [2.24, 2.45) is 5.73 Å². The highest BCUT2D eigenvalue weighted by atomic mass is 16.6. The molecular formula is C9H17NO6. The highest BCUT2D eigenvalue weighted by Gasteiger charge is 2.13. The van der Waals surface area contributed by atoms with E-state index < -0.39 is 18.0 Å². The molecule has 0 aliphatic carbocycles. The van der Waals surface area contributed by atoms with Crippen LogP contribution in [0.4, 0.5) is 0 Å². The Balaban J connectivity index is 3.41. The summed E-state index contributed by atoms with van der Waals surface area (Å²) in [6.07, 6.45) is 0.0130. The van der Waals surface area contributed by atoms with Crippen molar-refractivity contribution in [1.82, 2.24) is 0 Å². The smallest absolute Gasteiger partial charge is 0.320 e. The summed E-state index contributed by atoms with van der Waals surface area (Å²) in [5.74, 6) is -1.65. The molecule has 1 atom stereocenters. The lowest BCUT2D eigenvalue weighted by molar-refractivity contribution is -0.145. The van der Waals surface area contributed by atoms with Crippen molar-refractivity contribution in [3.8, 4) is 0 Å². The van der Waals surface area contributed by atoms with Crippen molar-refractivity contribution in [2.45, 2.75) is 18.9 Å². The molecular weight excluding hydrogens is 218 g/mol. The van der Waals surface area contributed by atoms with E-state index in [1.165, 1.54) is 0 Å². The number of carbonyl (C=O) groups is 2. The SMILES string of the molecule is N[C@@H](CCC(=O)OCCOCCO)C(=O)O. The molecule has 7 heteroatoms. The maximum Gasteiger partial charge on any atom is 0.320 e. The predicted octanol–water partition coefficient (Wildman–Crippen LogP) is -1.27. The van der Waals surface area contributed by atoms with Gasteiger partial charge in [0.05, 0.1) is 19.8 Å². The lowest BCUT2D eigenvalue weighted by Gasteiger charge is -2.07. The molecule has 16 heavy (non-hydrogen) atoms. The molecule has 0 aromatic heterocycles. The number of carbonyl (C=O) groups excluding carboxylic acids is 1. The van der Waals surface area contributed by atoms with E-state index in [1.807, 2.05) is 0 Å². The first-order chi connectivity index (χ1) is 7.57. The molecule has 0 saturated heterocycles. The minimum atomic E-state index is -1.14. The van der Waals surface area contributed by atoms with Gasteiger partial charge in [-0.1, -0.05) is 0 Å². The zero-order chi connectivity index (χ0) is 12.4. The summed E-state index contributed by atoms with van der Waals surface area (Å²) >= 11 is 0. The molecule has 0 bridgehead atoms. The first kappa shape index (κ1) is 14.8. The van der Waals surface area contributed by atoms with Crippen LogP contribution in [0, 0.1) is 0 Å². The quantitative estimate of drug-likeness (QED) is 0.336. The minimum absolute atomic E-state index is 0.0343. The van der Waals surface area contributed by atoms with Gasteiger partial charge < -0.3 is 25.4 Å². The molecule has 0 amide bonds. The molecule has 0 spiro atoms. The number of carboxylic acid groups (broad SMARTS) is 1. The van der Waals surface area contributed by atoms with Gasteiger partial charge in [-0.2, -0.15) is 0 Å². The second-order valence-electron chi connectivity index (χ2n) is 3.04. The Morgan fingerprint density at radius 3 is 2.50 bits per heavy atom. The maximum absolute atomic E-state index is 11.0. The molecule has 0 fully saturated rings. The van der Waals surface area contributed by atoms with Crippen LogP contribution in [-0.2, 0) is 19.1 Å². The van der Waals surface area contributed by atoms with Crippen molar-refractivity contribution in [3.05, 3.63) is 0 Å². The fourth-order valence-electron chi connectivity index (χ4n) is 0.850. The van der Waals surface area contributed by atoms with E-state index in [4.69, 9.17) is 25.4 Å². The van der Waals surface area contributed by atoms with E-state index in [-0.39, 0.29) is 39.3 Å². The van der Waals surface area contributed by atoms with E-state index in [2.05, 4.69) is 0 Å². The molecule has 0 aliphatic heterocycles. The van der Waals surface area contributed by atoms with Crippen LogP contribution in [0.1, 0.15) is 12.8 Å². The van der Waals surface area contributed by atoms with Crippen LogP contribution in [0.15, 0.2) is 0 Å². The van der Waals surface area contributed by atoms with E-state index in [0.29, 0.717) is 0 Å². The highest BCUT2D eigenvalue weighted by Crippen LogP contribution is 1.97. The number of hydrogen-bond acceptors (Lipinski definition) is 6. The fraction of sp³-hybridized carbons (Fsp3) is 0.778. The number of aliphatic hydroxyl groups excluding tert-OH is 1. The van der Waals surface area contributed by atoms with Crippen molar-refractivity contribution in [1.29, 1.82) is 0 Å². The van der Waals surface area contributed by atoms with Gasteiger partial charge in [0.15, 0.2) is 0 Å². The number of hydrogen-bond donors (Lipinski definition) is 3. The number of nitrogens with two attached hydrogens (primary N) is 1. The van der Waals surface area contributed by atoms with Crippen LogP contribution < -0.4 is 5.73 Å². The van der Waals surface area contributed by atoms with Crippen molar-refractivity contribution < 1.29 is 29.3 Å². The van der Waals surface area contributed by atoms with Crippen LogP contribution in [0.25, 0.3) is 0 Å². The van der Waals surface area contributed by atoms with Crippen LogP contribution in [0.2, 0.25) is 0 Å². The molecule has 94 valence electrons. The van der Waals surface area contributed by atoms with Crippen molar-refractivity contribution >= 4 is 11.9 Å². The van der Waals surface area contributed by atoms with Gasteiger partial charge in [0.2, 0.25) is 0 Å². The number of aliphatic hydroxyl groups is 1. The molecule has 0 aromatic rings. The number of rotatable bonds is 9. The Morgan fingerprint density at radius 2 is 1.94 bits per heavy atom. The molecule has 0 aliphatic rings. The van der Waals surface area contributed by atoms with E-state index >= 15 is 0 Å². The Hall–Kier alpha value is -1.18. The summed E-state index contributed by atoms with van der Waals surface area (Å²) < 4.78 is 9.58. The zero-order valence-corrected chi connectivity index (χ0v) is 8.92. The Morgan fingerprint density at radius 1 is 1.25 bits per heavy atom. The van der Waals surface area contributed by atoms with Gasteiger partial charge in [0.25, 0.3) is 0 Å². The van der Waals surface area contributed by atoms with Crippen molar-refractivity contribution in [3.63, 3.8) is 0 Å². The first-order valence-electron chi connectivity index (χ1n) is 4.90. The molecule has 0 heterocycles. The van der Waals surface area contributed by atoms with Gasteiger partial charge in [-0.3, -0.25) is 9.59 Å². The monoisotopic (exact) mass is 235 g/mol. The molecule has 0 aromatic carbocycles. The topological polar surface area (TPSA) is 119 Å². The third-order valence-electron chi connectivity index (χ3n) is 1.70. The zero-order valence-electron chi connectivity index (χ0n) is 8.92. The average molecular weight is 235 g/mol. The molecule has 0 saturated carbocycles. The second kappa shape index (κ2) is 9.08. The van der Waals surface area contributed by atoms with Crippen LogP contribution >= 0.6 is 0 Å². The van der Waals surface area contributed by atoms with E-state index in [1.54, 1.807) is 0 Å². The summed E-state index contributed by atoms with van der Waals surface area (Å²) in [6.45, 7) is 0.404.